The van der Waals surface area contributed by atoms with E-state index in [1.54, 1.807) is 12.2 Å². The molecule has 2 aliphatic rings. The lowest BCUT2D eigenvalue weighted by atomic mass is 9.68. The molecule has 0 saturated heterocycles. The van der Waals surface area contributed by atoms with Gasteiger partial charge in [-0.15, -0.1) is 0 Å². The van der Waals surface area contributed by atoms with Gasteiger partial charge < -0.3 is 14.7 Å². The van der Waals surface area contributed by atoms with E-state index in [9.17, 15) is 22.2 Å². The number of fused-ring (bicyclic) bond motifs is 3. The largest absolute Gasteiger partial charge is 0.552 e. The van der Waals surface area contributed by atoms with Crippen molar-refractivity contribution in [1.29, 1.82) is 0 Å². The molecule has 1 aliphatic carbocycles. The second-order valence-corrected chi connectivity index (χ2v) is 9.06. The number of rotatable bonds is 4. The predicted molar refractivity (Wildman–Crippen MR) is 106 cm³/mol. The summed E-state index contributed by atoms with van der Waals surface area (Å²) in [7, 11) is -5.47. The Bertz CT molecular complexity index is 1270. The van der Waals surface area contributed by atoms with Gasteiger partial charge in [-0.3, -0.25) is 0 Å². The minimum atomic E-state index is -4.34. The highest BCUT2D eigenvalue weighted by molar-refractivity contribution is 7.89. The van der Waals surface area contributed by atoms with Crippen LogP contribution < -0.4 is 9.38 Å². The molecule has 3 N–H and O–H groups in total. The van der Waals surface area contributed by atoms with Crippen LogP contribution in [0.1, 0.15) is 18.4 Å². The molecule has 0 atom stereocenters. The first-order valence-electron chi connectivity index (χ1n) is 9.33. The summed E-state index contributed by atoms with van der Waals surface area (Å²) in [6.07, 6.45) is 4.12. The Hall–Kier alpha value is -2.76. The molecule has 1 aromatic carbocycles. The first-order valence-corrected chi connectivity index (χ1v) is 10.8. The maximum atomic E-state index is 13.9. The van der Waals surface area contributed by atoms with Gasteiger partial charge in [-0.1, -0.05) is 6.07 Å². The van der Waals surface area contributed by atoms with Gasteiger partial charge >= 0.3 is 7.12 Å². The number of nitrogens with zero attached hydrogens (tertiary/aromatic N) is 1. The topological polar surface area (TPSA) is 104 Å². The Morgan fingerprint density at radius 3 is 2.70 bits per heavy atom. The number of aromatic amines is 1. The fraction of sp³-hybridized carbons (Fsp3) is 0.211. The van der Waals surface area contributed by atoms with Gasteiger partial charge in [0.1, 0.15) is 23.0 Å². The molecule has 5 rings (SSSR count). The van der Waals surface area contributed by atoms with E-state index < -0.39 is 39.7 Å². The first-order chi connectivity index (χ1) is 14.3. The summed E-state index contributed by atoms with van der Waals surface area (Å²) < 4.78 is 60.6. The number of sulfonamides is 1. The first kappa shape index (κ1) is 19.2. The van der Waals surface area contributed by atoms with Gasteiger partial charge in [0, 0.05) is 23.2 Å². The molecule has 3 aromatic rings. The van der Waals surface area contributed by atoms with Gasteiger partial charge in [0.25, 0.3) is 0 Å². The molecule has 0 radical (unpaired) electrons. The van der Waals surface area contributed by atoms with E-state index in [4.69, 9.17) is 4.65 Å². The lowest BCUT2D eigenvalue weighted by Crippen LogP contribution is -2.45. The standard InChI is InChI=1S/C19H16BF2N3O4S/c21-14-2-1-3-15(22)18(14)30(27,28)25-11-6-10(7-11)13-8-20(26)29-16-9-24-19-12(17(13)16)4-5-23-19/h1-5,8-11,25-26H,6-7H2,(H,23,24). The lowest BCUT2D eigenvalue weighted by Gasteiger charge is -2.39. The maximum Gasteiger partial charge on any atom is 0.552 e. The summed E-state index contributed by atoms with van der Waals surface area (Å²) in [4.78, 5) is 6.31. The Morgan fingerprint density at radius 2 is 1.97 bits per heavy atom. The monoisotopic (exact) mass is 431 g/mol. The average molecular weight is 431 g/mol. The Labute approximate surface area is 171 Å². The molecule has 0 amide bonds. The van der Waals surface area contributed by atoms with Crippen molar-refractivity contribution in [2.24, 2.45) is 5.92 Å². The predicted octanol–water partition coefficient (Wildman–Crippen LogP) is 2.39. The van der Waals surface area contributed by atoms with Gasteiger partial charge in [-0.25, -0.2) is 26.9 Å². The number of benzene rings is 1. The SMILES string of the molecule is O=S(=O)(NC1CC(C2=CB(O)Oc3cnc4[nH]ccc4c32)C1)c1c(F)cccc1F. The van der Waals surface area contributed by atoms with E-state index in [-0.39, 0.29) is 5.92 Å². The molecule has 2 aromatic heterocycles. The van der Waals surface area contributed by atoms with E-state index in [1.807, 2.05) is 6.07 Å². The van der Waals surface area contributed by atoms with Crippen LogP contribution in [0, 0.1) is 17.6 Å². The quantitative estimate of drug-likeness (QED) is 0.551. The van der Waals surface area contributed by atoms with Crippen LogP contribution in [0.15, 0.2) is 47.5 Å². The van der Waals surface area contributed by atoms with Crippen LogP contribution in [0.3, 0.4) is 0 Å². The molecule has 30 heavy (non-hydrogen) atoms. The molecule has 1 aliphatic heterocycles. The second kappa shape index (κ2) is 6.90. The van der Waals surface area contributed by atoms with E-state index >= 15 is 0 Å². The van der Waals surface area contributed by atoms with Crippen molar-refractivity contribution in [3.63, 3.8) is 0 Å². The number of allylic oxidation sites excluding steroid dienone is 1. The highest BCUT2D eigenvalue weighted by Gasteiger charge is 2.40. The fourth-order valence-electron chi connectivity index (χ4n) is 4.10. The van der Waals surface area contributed by atoms with Crippen molar-refractivity contribution in [3.8, 4) is 5.75 Å². The number of halogens is 2. The van der Waals surface area contributed by atoms with Crippen LogP contribution in [-0.2, 0) is 10.0 Å². The number of hydrogen-bond donors (Lipinski definition) is 3. The molecule has 0 unspecified atom stereocenters. The molecule has 7 nitrogen and oxygen atoms in total. The summed E-state index contributed by atoms with van der Waals surface area (Å²) in [6.45, 7) is 0. The third kappa shape index (κ3) is 3.09. The van der Waals surface area contributed by atoms with Crippen LogP contribution in [0.25, 0.3) is 16.6 Å². The minimum Gasteiger partial charge on any atom is -0.531 e. The minimum absolute atomic E-state index is 0.0547. The molecule has 1 fully saturated rings. The number of pyridine rings is 1. The Morgan fingerprint density at radius 1 is 1.23 bits per heavy atom. The molecule has 0 bridgehead atoms. The number of H-pyrrole nitrogens is 1. The zero-order valence-electron chi connectivity index (χ0n) is 15.5. The van der Waals surface area contributed by atoms with Crippen molar-refractivity contribution in [2.45, 2.75) is 23.8 Å². The normalized spacial score (nSPS) is 21.0. The molecule has 1 saturated carbocycles. The van der Waals surface area contributed by atoms with Crippen LogP contribution in [0.2, 0.25) is 0 Å². The molecule has 154 valence electrons. The van der Waals surface area contributed by atoms with Gasteiger partial charge in [0.15, 0.2) is 4.90 Å². The summed E-state index contributed by atoms with van der Waals surface area (Å²) in [5.74, 6) is -0.277. The zero-order chi connectivity index (χ0) is 21.0. The third-order valence-electron chi connectivity index (χ3n) is 5.50. The van der Waals surface area contributed by atoms with Crippen LogP contribution in [-0.4, -0.2) is 36.6 Å². The summed E-state index contributed by atoms with van der Waals surface area (Å²) >= 11 is 0. The highest BCUT2D eigenvalue weighted by atomic mass is 32.2. The van der Waals surface area contributed by atoms with Gasteiger partial charge in [-0.05, 0) is 48.5 Å². The summed E-state index contributed by atoms with van der Waals surface area (Å²) in [5, 5.41) is 10.9. The van der Waals surface area contributed by atoms with Crippen molar-refractivity contribution in [2.75, 3.05) is 0 Å². The van der Waals surface area contributed by atoms with Crippen molar-refractivity contribution >= 4 is 33.7 Å². The molecule has 3 heterocycles. The van der Waals surface area contributed by atoms with Gasteiger partial charge in [-0.2, -0.15) is 0 Å². The van der Waals surface area contributed by atoms with Crippen LogP contribution >= 0.6 is 0 Å². The molecule has 0 spiro atoms. The highest BCUT2D eigenvalue weighted by Crippen LogP contribution is 2.46. The van der Waals surface area contributed by atoms with Crippen LogP contribution in [0.4, 0.5) is 8.78 Å². The van der Waals surface area contributed by atoms with Gasteiger partial charge in [0.05, 0.1) is 6.20 Å². The average Bonchev–Trinajstić information content (AvgIpc) is 3.12. The van der Waals surface area contributed by atoms with E-state index in [0.29, 0.717) is 24.2 Å². The smallest absolute Gasteiger partial charge is 0.531 e. The fourth-order valence-corrected chi connectivity index (χ4v) is 5.50. The van der Waals surface area contributed by atoms with E-state index in [1.165, 1.54) is 6.20 Å². The molecule has 11 heteroatoms. The Kier molecular flexibility index (Phi) is 4.42. The maximum absolute atomic E-state index is 13.9. The second-order valence-electron chi connectivity index (χ2n) is 7.41. The van der Waals surface area contributed by atoms with Crippen molar-refractivity contribution < 1.29 is 26.9 Å². The van der Waals surface area contributed by atoms with E-state index in [2.05, 4.69) is 14.7 Å². The third-order valence-corrected chi connectivity index (χ3v) is 7.07. The lowest BCUT2D eigenvalue weighted by molar-refractivity contribution is 0.308. The molecular weight excluding hydrogens is 415 g/mol. The number of aromatic nitrogens is 2. The Balaban J connectivity index is 1.38. The molecular formula is C19H16BF2N3O4S. The zero-order valence-corrected chi connectivity index (χ0v) is 16.3. The van der Waals surface area contributed by atoms with Crippen molar-refractivity contribution in [3.05, 3.63) is 59.8 Å². The van der Waals surface area contributed by atoms with Gasteiger partial charge in [0.2, 0.25) is 10.0 Å². The number of nitrogens with one attached hydrogen (secondary N) is 2. The summed E-state index contributed by atoms with van der Waals surface area (Å²) in [6, 6.07) is 4.30. The van der Waals surface area contributed by atoms with E-state index in [0.717, 1.165) is 34.7 Å². The summed E-state index contributed by atoms with van der Waals surface area (Å²) in [5.41, 5.74) is 2.31. The van der Waals surface area contributed by atoms with Crippen molar-refractivity contribution in [1.82, 2.24) is 14.7 Å². The van der Waals surface area contributed by atoms with Crippen LogP contribution in [0.5, 0.6) is 5.75 Å². The number of hydrogen-bond acceptors (Lipinski definition) is 5.